The summed E-state index contributed by atoms with van der Waals surface area (Å²) in [4.78, 5) is 11.4. The Kier molecular flexibility index (Phi) is 3.59. The van der Waals surface area contributed by atoms with Gasteiger partial charge in [-0.1, -0.05) is 48.6 Å². The van der Waals surface area contributed by atoms with Crippen molar-refractivity contribution in [3.05, 3.63) is 48.6 Å². The molecule has 2 N–H and O–H groups in total. The normalized spacial score (nSPS) is 18.5. The molecule has 2 amide bonds. The van der Waals surface area contributed by atoms with Crippen molar-refractivity contribution in [2.24, 2.45) is 11.8 Å². The summed E-state index contributed by atoms with van der Waals surface area (Å²) in [5.74, 6) is 0.689. The van der Waals surface area contributed by atoms with Crippen LogP contribution < -0.4 is 10.6 Å². The molecule has 0 aromatic carbocycles. The lowest BCUT2D eigenvalue weighted by Gasteiger charge is -2.11. The summed E-state index contributed by atoms with van der Waals surface area (Å²) in [7, 11) is 0. The van der Waals surface area contributed by atoms with E-state index in [1.807, 2.05) is 24.3 Å². The molecular formula is C13H16N2O. The number of nitrogens with one attached hydrogen (secondary N) is 2. The van der Waals surface area contributed by atoms with Gasteiger partial charge in [-0.15, -0.1) is 0 Å². The van der Waals surface area contributed by atoms with Gasteiger partial charge < -0.3 is 10.6 Å². The number of hydrogen-bond acceptors (Lipinski definition) is 1. The van der Waals surface area contributed by atoms with Gasteiger partial charge in [-0.05, 0) is 0 Å². The van der Waals surface area contributed by atoms with Crippen LogP contribution in [0, 0.1) is 11.8 Å². The molecule has 2 aliphatic rings. The van der Waals surface area contributed by atoms with E-state index < -0.39 is 0 Å². The molecule has 0 heterocycles. The van der Waals surface area contributed by atoms with E-state index in [4.69, 9.17) is 0 Å². The SMILES string of the molecule is O=C(NCC1C=CC=C1)NCC1C=CC=C1. The Morgan fingerprint density at radius 1 is 0.812 bits per heavy atom. The van der Waals surface area contributed by atoms with Gasteiger partial charge in [-0.2, -0.15) is 0 Å². The standard InChI is InChI=1S/C13H16N2O/c16-13(14-9-11-5-1-2-6-11)15-10-12-7-3-4-8-12/h1-8,11-12H,9-10H2,(H2,14,15,16). The Morgan fingerprint density at radius 2 is 1.19 bits per heavy atom. The molecule has 0 spiro atoms. The first-order valence-corrected chi connectivity index (χ1v) is 5.56. The Balaban J connectivity index is 1.60. The molecule has 2 aliphatic carbocycles. The van der Waals surface area contributed by atoms with Crippen LogP contribution in [0.2, 0.25) is 0 Å². The lowest BCUT2D eigenvalue weighted by Crippen LogP contribution is -2.39. The number of hydrogen-bond donors (Lipinski definition) is 2. The van der Waals surface area contributed by atoms with Gasteiger partial charge in [0.2, 0.25) is 0 Å². The average molecular weight is 216 g/mol. The van der Waals surface area contributed by atoms with Crippen molar-refractivity contribution in [1.29, 1.82) is 0 Å². The van der Waals surface area contributed by atoms with Crippen LogP contribution in [-0.4, -0.2) is 19.1 Å². The van der Waals surface area contributed by atoms with E-state index >= 15 is 0 Å². The van der Waals surface area contributed by atoms with Gasteiger partial charge >= 0.3 is 6.03 Å². The maximum Gasteiger partial charge on any atom is 0.314 e. The zero-order valence-electron chi connectivity index (χ0n) is 9.10. The molecule has 0 atom stereocenters. The highest BCUT2D eigenvalue weighted by atomic mass is 16.2. The molecule has 0 aromatic heterocycles. The van der Waals surface area contributed by atoms with Gasteiger partial charge in [0.25, 0.3) is 0 Å². The van der Waals surface area contributed by atoms with Gasteiger partial charge in [0.1, 0.15) is 0 Å². The molecule has 0 radical (unpaired) electrons. The van der Waals surface area contributed by atoms with Gasteiger partial charge in [0.05, 0.1) is 0 Å². The van der Waals surface area contributed by atoms with E-state index in [0.29, 0.717) is 24.9 Å². The van der Waals surface area contributed by atoms with Crippen molar-refractivity contribution in [3.63, 3.8) is 0 Å². The van der Waals surface area contributed by atoms with E-state index in [-0.39, 0.29) is 6.03 Å². The molecule has 2 rings (SSSR count). The Hall–Kier alpha value is -1.77. The third kappa shape index (κ3) is 3.12. The zero-order valence-corrected chi connectivity index (χ0v) is 9.10. The Bertz CT molecular complexity index is 308. The summed E-state index contributed by atoms with van der Waals surface area (Å²) in [5.41, 5.74) is 0. The monoisotopic (exact) mass is 216 g/mol. The van der Waals surface area contributed by atoms with Gasteiger partial charge in [0.15, 0.2) is 0 Å². The molecule has 16 heavy (non-hydrogen) atoms. The van der Waals surface area contributed by atoms with E-state index in [0.717, 1.165) is 0 Å². The third-order valence-electron chi connectivity index (χ3n) is 2.65. The minimum atomic E-state index is -0.0950. The van der Waals surface area contributed by atoms with Crippen molar-refractivity contribution in [2.75, 3.05) is 13.1 Å². The van der Waals surface area contributed by atoms with Crippen molar-refractivity contribution < 1.29 is 4.79 Å². The quantitative estimate of drug-likeness (QED) is 0.738. The molecule has 0 unspecified atom stereocenters. The molecule has 0 bridgehead atoms. The number of carbonyl (C=O) groups excluding carboxylic acids is 1. The largest absolute Gasteiger partial charge is 0.337 e. The molecule has 84 valence electrons. The minimum Gasteiger partial charge on any atom is -0.337 e. The second-order valence-electron chi connectivity index (χ2n) is 3.96. The predicted octanol–water partition coefficient (Wildman–Crippen LogP) is 1.77. The second kappa shape index (κ2) is 5.35. The van der Waals surface area contributed by atoms with E-state index in [1.54, 1.807) is 0 Å². The summed E-state index contributed by atoms with van der Waals surface area (Å²) in [6, 6.07) is -0.0950. The van der Waals surface area contributed by atoms with Crippen molar-refractivity contribution >= 4 is 6.03 Å². The lowest BCUT2D eigenvalue weighted by molar-refractivity contribution is 0.240. The molecule has 0 saturated heterocycles. The van der Waals surface area contributed by atoms with Crippen LogP contribution in [0.3, 0.4) is 0 Å². The zero-order chi connectivity index (χ0) is 11.2. The topological polar surface area (TPSA) is 41.1 Å². The first-order valence-electron chi connectivity index (χ1n) is 5.56. The predicted molar refractivity (Wildman–Crippen MR) is 64.9 cm³/mol. The average Bonchev–Trinajstić information content (AvgIpc) is 2.96. The number of amides is 2. The van der Waals surface area contributed by atoms with Gasteiger partial charge in [-0.3, -0.25) is 0 Å². The van der Waals surface area contributed by atoms with Crippen LogP contribution in [0.15, 0.2) is 48.6 Å². The molecule has 3 nitrogen and oxygen atoms in total. The Morgan fingerprint density at radius 3 is 1.56 bits per heavy atom. The molecule has 0 fully saturated rings. The molecule has 0 aliphatic heterocycles. The summed E-state index contributed by atoms with van der Waals surface area (Å²) in [6.07, 6.45) is 16.3. The van der Waals surface area contributed by atoms with Crippen LogP contribution >= 0.6 is 0 Å². The van der Waals surface area contributed by atoms with Crippen LogP contribution in [0.5, 0.6) is 0 Å². The highest BCUT2D eigenvalue weighted by molar-refractivity contribution is 5.73. The second-order valence-corrected chi connectivity index (χ2v) is 3.96. The molecule has 0 aromatic rings. The lowest BCUT2D eigenvalue weighted by atomic mass is 10.2. The first-order chi connectivity index (χ1) is 7.84. The van der Waals surface area contributed by atoms with Crippen LogP contribution in [0.4, 0.5) is 4.79 Å². The number of rotatable bonds is 4. The number of allylic oxidation sites excluding steroid dienone is 4. The van der Waals surface area contributed by atoms with E-state index in [9.17, 15) is 4.79 Å². The number of urea groups is 1. The molecule has 3 heteroatoms. The van der Waals surface area contributed by atoms with Gasteiger partial charge in [0, 0.05) is 24.9 Å². The Labute approximate surface area is 95.6 Å². The summed E-state index contributed by atoms with van der Waals surface area (Å²) in [6.45, 7) is 1.32. The van der Waals surface area contributed by atoms with Crippen molar-refractivity contribution in [3.8, 4) is 0 Å². The maximum atomic E-state index is 11.4. The fraction of sp³-hybridized carbons (Fsp3) is 0.308. The summed E-state index contributed by atoms with van der Waals surface area (Å²) < 4.78 is 0. The summed E-state index contributed by atoms with van der Waals surface area (Å²) in [5, 5.41) is 5.70. The first kappa shape index (κ1) is 10.7. The molecular weight excluding hydrogens is 200 g/mol. The fourth-order valence-corrected chi connectivity index (χ4v) is 1.71. The van der Waals surface area contributed by atoms with Crippen molar-refractivity contribution in [2.45, 2.75) is 0 Å². The van der Waals surface area contributed by atoms with Crippen molar-refractivity contribution in [1.82, 2.24) is 10.6 Å². The third-order valence-corrected chi connectivity index (χ3v) is 2.65. The van der Waals surface area contributed by atoms with E-state index in [1.165, 1.54) is 0 Å². The number of carbonyl (C=O) groups is 1. The van der Waals surface area contributed by atoms with Crippen LogP contribution in [0.25, 0.3) is 0 Å². The highest BCUT2D eigenvalue weighted by Gasteiger charge is 2.08. The maximum absolute atomic E-state index is 11.4. The van der Waals surface area contributed by atoms with Crippen LogP contribution in [0.1, 0.15) is 0 Å². The minimum absolute atomic E-state index is 0.0950. The fourth-order valence-electron chi connectivity index (χ4n) is 1.71. The van der Waals surface area contributed by atoms with Gasteiger partial charge in [-0.25, -0.2) is 4.79 Å². The highest BCUT2D eigenvalue weighted by Crippen LogP contribution is 2.07. The van der Waals surface area contributed by atoms with E-state index in [2.05, 4.69) is 34.9 Å². The smallest absolute Gasteiger partial charge is 0.314 e. The molecule has 0 saturated carbocycles. The summed E-state index contributed by atoms with van der Waals surface area (Å²) >= 11 is 0. The van der Waals surface area contributed by atoms with Crippen LogP contribution in [-0.2, 0) is 0 Å².